The third-order valence-corrected chi connectivity index (χ3v) is 3.77. The Hall–Kier alpha value is -2.81. The minimum Gasteiger partial charge on any atom is -0.480 e. The fraction of sp³-hybridized carbons (Fsp3) is 0.357. The van der Waals surface area contributed by atoms with Crippen LogP contribution in [0.15, 0.2) is 28.8 Å². The molecule has 1 aromatic carbocycles. The molecule has 0 spiro atoms. The van der Waals surface area contributed by atoms with Crippen molar-refractivity contribution in [3.63, 3.8) is 0 Å². The van der Waals surface area contributed by atoms with Gasteiger partial charge in [-0.15, -0.1) is 0 Å². The Morgan fingerprint density at radius 3 is 3.09 bits per heavy atom. The Kier molecular flexibility index (Phi) is 4.02. The first-order valence-electron chi connectivity index (χ1n) is 7.09. The average molecular weight is 318 g/mol. The van der Waals surface area contributed by atoms with E-state index >= 15 is 0 Å². The summed E-state index contributed by atoms with van der Waals surface area (Å²) in [5, 5.41) is 23.8. The fourth-order valence-corrected chi connectivity index (χ4v) is 2.66. The molecule has 1 fully saturated rings. The Labute approximate surface area is 130 Å². The second kappa shape index (κ2) is 6.13. The molecule has 0 saturated carbocycles. The second-order valence-corrected chi connectivity index (χ2v) is 5.29. The lowest BCUT2D eigenvalue weighted by Gasteiger charge is -2.18. The lowest BCUT2D eigenvalue weighted by Crippen LogP contribution is -2.35. The molecule has 2 aromatic rings. The van der Waals surface area contributed by atoms with E-state index in [9.17, 15) is 14.9 Å². The van der Waals surface area contributed by atoms with E-state index in [0.717, 1.165) is 6.42 Å². The summed E-state index contributed by atoms with van der Waals surface area (Å²) in [4.78, 5) is 27.4. The number of nitrogens with zero attached hydrogens (tertiary/aromatic N) is 4. The number of carboxylic acid groups (broad SMARTS) is 1. The molecule has 0 radical (unpaired) electrons. The highest BCUT2D eigenvalue weighted by atomic mass is 16.6. The molecular formula is C14H14N4O5. The van der Waals surface area contributed by atoms with Gasteiger partial charge in [-0.2, -0.15) is 4.98 Å². The van der Waals surface area contributed by atoms with Crippen LogP contribution >= 0.6 is 0 Å². The van der Waals surface area contributed by atoms with Crippen LogP contribution in [0.1, 0.15) is 18.7 Å². The predicted molar refractivity (Wildman–Crippen MR) is 77.5 cm³/mol. The summed E-state index contributed by atoms with van der Waals surface area (Å²) in [6, 6.07) is 5.40. The Morgan fingerprint density at radius 2 is 2.35 bits per heavy atom. The topological polar surface area (TPSA) is 123 Å². The van der Waals surface area contributed by atoms with Gasteiger partial charge < -0.3 is 9.63 Å². The highest BCUT2D eigenvalue weighted by Crippen LogP contribution is 2.23. The number of likely N-dealkylation sites (tertiary alicyclic amines) is 1. The summed E-state index contributed by atoms with van der Waals surface area (Å²) in [6.45, 7) is 0.907. The van der Waals surface area contributed by atoms with Crippen LogP contribution in [0.2, 0.25) is 0 Å². The van der Waals surface area contributed by atoms with Gasteiger partial charge in [0.1, 0.15) is 6.04 Å². The number of carbonyl (C=O) groups is 1. The number of nitro benzene ring substituents is 1. The molecule has 0 unspecified atom stereocenters. The minimum absolute atomic E-state index is 0.0562. The van der Waals surface area contributed by atoms with Crippen molar-refractivity contribution in [1.82, 2.24) is 15.0 Å². The zero-order valence-electron chi connectivity index (χ0n) is 12.1. The Bertz CT molecular complexity index is 744. The van der Waals surface area contributed by atoms with Gasteiger partial charge in [-0.25, -0.2) is 0 Å². The summed E-state index contributed by atoms with van der Waals surface area (Å²) in [5.74, 6) is -0.324. The quantitative estimate of drug-likeness (QED) is 0.652. The van der Waals surface area contributed by atoms with Gasteiger partial charge in [0, 0.05) is 17.7 Å². The predicted octanol–water partition coefficient (Wildman–Crippen LogP) is 1.69. The number of hydrogen-bond acceptors (Lipinski definition) is 7. The molecule has 1 N–H and O–H groups in total. The lowest BCUT2D eigenvalue weighted by molar-refractivity contribution is -0.384. The maximum atomic E-state index is 11.2. The van der Waals surface area contributed by atoms with E-state index in [1.54, 1.807) is 17.0 Å². The number of rotatable bonds is 5. The maximum absolute atomic E-state index is 11.2. The Morgan fingerprint density at radius 1 is 1.52 bits per heavy atom. The van der Waals surface area contributed by atoms with E-state index < -0.39 is 16.9 Å². The summed E-state index contributed by atoms with van der Waals surface area (Å²) in [6.07, 6.45) is 1.41. The standard InChI is InChI=1S/C14H14N4O5/c19-14(20)11-5-2-6-17(11)8-12-15-13(16-23-12)9-3-1-4-10(7-9)18(21)22/h1,3-4,7,11H,2,5-6,8H2,(H,19,20)/t11-/m0/s1. The summed E-state index contributed by atoms with van der Waals surface area (Å²) in [5.41, 5.74) is 0.421. The van der Waals surface area contributed by atoms with Crippen molar-refractivity contribution < 1.29 is 19.3 Å². The van der Waals surface area contributed by atoms with Crippen LogP contribution in [0, 0.1) is 10.1 Å². The van der Waals surface area contributed by atoms with E-state index in [0.29, 0.717) is 24.4 Å². The number of hydrogen-bond donors (Lipinski definition) is 1. The van der Waals surface area contributed by atoms with Crippen molar-refractivity contribution >= 4 is 11.7 Å². The lowest BCUT2D eigenvalue weighted by atomic mass is 10.2. The van der Waals surface area contributed by atoms with Crippen LogP contribution in [0.4, 0.5) is 5.69 Å². The smallest absolute Gasteiger partial charge is 0.320 e. The summed E-state index contributed by atoms with van der Waals surface area (Å²) >= 11 is 0. The van der Waals surface area contributed by atoms with E-state index in [1.807, 2.05) is 0 Å². The van der Waals surface area contributed by atoms with Gasteiger partial charge in [0.25, 0.3) is 5.69 Å². The van der Waals surface area contributed by atoms with E-state index in [-0.39, 0.29) is 18.1 Å². The molecule has 0 amide bonds. The summed E-state index contributed by atoms with van der Waals surface area (Å²) < 4.78 is 5.14. The molecule has 9 heteroatoms. The molecule has 0 bridgehead atoms. The zero-order valence-corrected chi connectivity index (χ0v) is 12.1. The van der Waals surface area contributed by atoms with Crippen LogP contribution in [0.5, 0.6) is 0 Å². The number of benzene rings is 1. The second-order valence-electron chi connectivity index (χ2n) is 5.29. The maximum Gasteiger partial charge on any atom is 0.320 e. The molecule has 3 rings (SSSR count). The van der Waals surface area contributed by atoms with Crippen molar-refractivity contribution in [1.29, 1.82) is 0 Å². The van der Waals surface area contributed by atoms with Crippen LogP contribution < -0.4 is 0 Å². The van der Waals surface area contributed by atoms with E-state index in [1.165, 1.54) is 12.1 Å². The van der Waals surface area contributed by atoms with Gasteiger partial charge in [0.15, 0.2) is 0 Å². The number of non-ortho nitro benzene ring substituents is 1. The SMILES string of the molecule is O=C(O)[C@@H]1CCCN1Cc1nc(-c2cccc([N+](=O)[O-])c2)no1. The monoisotopic (exact) mass is 318 g/mol. The van der Waals surface area contributed by atoms with Gasteiger partial charge in [-0.1, -0.05) is 17.3 Å². The molecule has 0 aliphatic carbocycles. The van der Waals surface area contributed by atoms with Crippen molar-refractivity contribution in [3.8, 4) is 11.4 Å². The fourth-order valence-electron chi connectivity index (χ4n) is 2.66. The third-order valence-electron chi connectivity index (χ3n) is 3.77. The van der Waals surface area contributed by atoms with Crippen LogP contribution in [-0.2, 0) is 11.3 Å². The van der Waals surface area contributed by atoms with Gasteiger partial charge in [-0.3, -0.25) is 19.8 Å². The van der Waals surface area contributed by atoms with Crippen molar-refractivity contribution in [3.05, 3.63) is 40.3 Å². The van der Waals surface area contributed by atoms with Gasteiger partial charge in [-0.05, 0) is 19.4 Å². The van der Waals surface area contributed by atoms with Crippen molar-refractivity contribution in [2.75, 3.05) is 6.54 Å². The summed E-state index contributed by atoms with van der Waals surface area (Å²) in [7, 11) is 0. The molecule has 1 saturated heterocycles. The number of nitro groups is 1. The minimum atomic E-state index is -0.860. The molecule has 23 heavy (non-hydrogen) atoms. The number of aromatic nitrogens is 2. The molecular weight excluding hydrogens is 304 g/mol. The molecule has 1 aliphatic rings. The van der Waals surface area contributed by atoms with Gasteiger partial charge in [0.05, 0.1) is 11.5 Å². The highest BCUT2D eigenvalue weighted by molar-refractivity contribution is 5.73. The van der Waals surface area contributed by atoms with Crippen LogP contribution in [0.25, 0.3) is 11.4 Å². The van der Waals surface area contributed by atoms with Gasteiger partial charge in [0.2, 0.25) is 11.7 Å². The first-order valence-corrected chi connectivity index (χ1v) is 7.09. The van der Waals surface area contributed by atoms with Crippen LogP contribution in [0.3, 0.4) is 0 Å². The van der Waals surface area contributed by atoms with E-state index in [4.69, 9.17) is 9.63 Å². The first-order chi connectivity index (χ1) is 11.0. The van der Waals surface area contributed by atoms with Crippen molar-refractivity contribution in [2.45, 2.75) is 25.4 Å². The largest absolute Gasteiger partial charge is 0.480 e. The van der Waals surface area contributed by atoms with Crippen LogP contribution in [-0.4, -0.2) is 43.6 Å². The highest BCUT2D eigenvalue weighted by Gasteiger charge is 2.31. The Balaban J connectivity index is 1.77. The number of carboxylic acids is 1. The number of aliphatic carboxylic acids is 1. The molecule has 120 valence electrons. The van der Waals surface area contributed by atoms with Crippen molar-refractivity contribution in [2.24, 2.45) is 0 Å². The van der Waals surface area contributed by atoms with E-state index in [2.05, 4.69) is 10.1 Å². The molecule has 1 aromatic heterocycles. The van der Waals surface area contributed by atoms with Gasteiger partial charge >= 0.3 is 5.97 Å². The normalized spacial score (nSPS) is 18.2. The average Bonchev–Trinajstić information content (AvgIpc) is 3.17. The molecule has 1 atom stereocenters. The zero-order chi connectivity index (χ0) is 16.4. The molecule has 9 nitrogen and oxygen atoms in total. The third kappa shape index (κ3) is 3.19. The molecule has 1 aliphatic heterocycles. The first kappa shape index (κ1) is 15.1. The molecule has 2 heterocycles.